The van der Waals surface area contributed by atoms with Gasteiger partial charge in [-0.15, -0.1) is 11.3 Å². The number of carbonyl (C=O) groups excluding carboxylic acids is 1. The van der Waals surface area contributed by atoms with E-state index < -0.39 is 0 Å². The van der Waals surface area contributed by atoms with Crippen molar-refractivity contribution in [2.24, 2.45) is 0 Å². The van der Waals surface area contributed by atoms with E-state index in [0.717, 1.165) is 21.6 Å². The first-order valence-corrected chi connectivity index (χ1v) is 8.42. The van der Waals surface area contributed by atoms with Gasteiger partial charge in [0.25, 0.3) is 5.91 Å². The monoisotopic (exact) mass is 339 g/mol. The summed E-state index contributed by atoms with van der Waals surface area (Å²) in [4.78, 5) is 20.5. The van der Waals surface area contributed by atoms with Gasteiger partial charge in [-0.2, -0.15) is 0 Å². The topological polar surface area (TPSA) is 57.8 Å². The van der Waals surface area contributed by atoms with Crippen LogP contribution < -0.4 is 5.32 Å². The van der Waals surface area contributed by atoms with Crippen LogP contribution in [0.5, 0.6) is 0 Å². The molecule has 0 atom stereocenters. The molecule has 0 radical (unpaired) electrons. The van der Waals surface area contributed by atoms with E-state index in [9.17, 15) is 9.18 Å². The Labute approximate surface area is 141 Å². The number of rotatable bonds is 4. The second-order valence-corrected chi connectivity index (χ2v) is 6.55. The van der Waals surface area contributed by atoms with Gasteiger partial charge in [-0.25, -0.2) is 9.37 Å². The molecular formula is C18H14FN3OS. The molecule has 6 heteroatoms. The molecule has 0 aliphatic heterocycles. The number of aromatic nitrogens is 2. The van der Waals surface area contributed by atoms with Crippen molar-refractivity contribution >= 4 is 38.4 Å². The molecule has 2 heterocycles. The smallest absolute Gasteiger partial charge is 0.261 e. The maximum absolute atomic E-state index is 13.7. The Morgan fingerprint density at radius 2 is 2.08 bits per heavy atom. The van der Waals surface area contributed by atoms with Crippen molar-refractivity contribution in [3.8, 4) is 0 Å². The van der Waals surface area contributed by atoms with Crippen LogP contribution in [-0.2, 0) is 6.42 Å². The molecule has 4 aromatic rings. The Hall–Kier alpha value is -2.73. The molecule has 120 valence electrons. The van der Waals surface area contributed by atoms with E-state index in [1.165, 1.54) is 17.4 Å². The molecule has 2 aromatic heterocycles. The van der Waals surface area contributed by atoms with E-state index in [-0.39, 0.29) is 11.7 Å². The number of thiophene rings is 1. The molecule has 2 aromatic carbocycles. The zero-order chi connectivity index (χ0) is 16.5. The minimum absolute atomic E-state index is 0.188. The van der Waals surface area contributed by atoms with Crippen LogP contribution >= 0.6 is 11.3 Å². The van der Waals surface area contributed by atoms with E-state index in [1.54, 1.807) is 12.1 Å². The molecule has 0 aliphatic carbocycles. The molecule has 0 saturated carbocycles. The Morgan fingerprint density at radius 1 is 1.21 bits per heavy atom. The van der Waals surface area contributed by atoms with Gasteiger partial charge in [0.1, 0.15) is 11.6 Å². The summed E-state index contributed by atoms with van der Waals surface area (Å²) < 4.78 is 14.5. The van der Waals surface area contributed by atoms with E-state index in [2.05, 4.69) is 15.3 Å². The molecule has 0 fully saturated rings. The first kappa shape index (κ1) is 14.8. The molecule has 2 N–H and O–H groups in total. The number of fused-ring (bicyclic) bond motifs is 2. The lowest BCUT2D eigenvalue weighted by molar-refractivity contribution is 0.0958. The average molecular weight is 339 g/mol. The highest BCUT2D eigenvalue weighted by atomic mass is 32.1. The average Bonchev–Trinajstić information content (AvgIpc) is 3.18. The van der Waals surface area contributed by atoms with Crippen LogP contribution in [0.4, 0.5) is 4.39 Å². The minimum atomic E-state index is -0.301. The van der Waals surface area contributed by atoms with Gasteiger partial charge in [0.15, 0.2) is 0 Å². The van der Waals surface area contributed by atoms with Crippen LogP contribution in [0.3, 0.4) is 0 Å². The van der Waals surface area contributed by atoms with Crippen molar-refractivity contribution in [2.75, 3.05) is 6.54 Å². The number of nitrogens with zero attached hydrogens (tertiary/aromatic N) is 1. The fourth-order valence-corrected chi connectivity index (χ4v) is 3.63. The molecule has 0 aliphatic rings. The number of hydrogen-bond donors (Lipinski definition) is 2. The van der Waals surface area contributed by atoms with E-state index in [1.807, 2.05) is 30.3 Å². The lowest BCUT2D eigenvalue weighted by Gasteiger charge is -2.01. The molecule has 0 saturated heterocycles. The summed E-state index contributed by atoms with van der Waals surface area (Å²) in [6.07, 6.45) is 0.611. The number of aromatic amines is 1. The van der Waals surface area contributed by atoms with E-state index in [0.29, 0.717) is 23.2 Å². The van der Waals surface area contributed by atoms with Crippen molar-refractivity contribution < 1.29 is 9.18 Å². The highest BCUT2D eigenvalue weighted by Gasteiger charge is 2.12. The number of imidazole rings is 1. The summed E-state index contributed by atoms with van der Waals surface area (Å²) in [5.74, 6) is 0.343. The lowest BCUT2D eigenvalue weighted by atomic mass is 10.2. The number of H-pyrrole nitrogens is 1. The van der Waals surface area contributed by atoms with Crippen LogP contribution in [0.2, 0.25) is 0 Å². The third-order valence-corrected chi connectivity index (χ3v) is 4.92. The molecular weight excluding hydrogens is 325 g/mol. The largest absolute Gasteiger partial charge is 0.351 e. The van der Waals surface area contributed by atoms with Gasteiger partial charge in [-0.05, 0) is 30.3 Å². The van der Waals surface area contributed by atoms with Crippen LogP contribution in [0.1, 0.15) is 15.5 Å². The number of benzene rings is 2. The summed E-state index contributed by atoms with van der Waals surface area (Å²) >= 11 is 1.29. The number of para-hydroxylation sites is 2. The van der Waals surface area contributed by atoms with Crippen LogP contribution in [0.25, 0.3) is 21.1 Å². The molecule has 0 spiro atoms. The third kappa shape index (κ3) is 2.76. The van der Waals surface area contributed by atoms with Gasteiger partial charge >= 0.3 is 0 Å². The standard InChI is InChI=1S/C18H14FN3OS/c19-12-4-3-7-15-11(12)10-16(24-15)18(23)20-9-8-17-21-13-5-1-2-6-14(13)22-17/h1-7,10H,8-9H2,(H,20,23)(H,21,22). The number of amides is 1. The van der Waals surface area contributed by atoms with Crippen molar-refractivity contribution in [1.82, 2.24) is 15.3 Å². The summed E-state index contributed by atoms with van der Waals surface area (Å²) in [5, 5.41) is 3.35. The van der Waals surface area contributed by atoms with Gasteiger partial charge in [-0.3, -0.25) is 4.79 Å². The Bertz CT molecular complexity index is 1000. The molecule has 4 nitrogen and oxygen atoms in total. The quantitative estimate of drug-likeness (QED) is 0.593. The predicted octanol–water partition coefficient (Wildman–Crippen LogP) is 3.89. The predicted molar refractivity (Wildman–Crippen MR) is 93.9 cm³/mol. The normalized spacial score (nSPS) is 11.2. The van der Waals surface area contributed by atoms with E-state index in [4.69, 9.17) is 0 Å². The summed E-state index contributed by atoms with van der Waals surface area (Å²) in [6.45, 7) is 0.468. The number of carbonyl (C=O) groups is 1. The SMILES string of the molecule is O=C(NCCc1nc2ccccc2[nH]1)c1cc2c(F)cccc2s1. The Balaban J connectivity index is 1.43. The molecule has 1 amide bonds. The fraction of sp³-hybridized carbons (Fsp3) is 0.111. The first-order chi connectivity index (χ1) is 11.7. The van der Waals surface area contributed by atoms with Gasteiger partial charge < -0.3 is 10.3 Å². The van der Waals surface area contributed by atoms with Gasteiger partial charge in [-0.1, -0.05) is 18.2 Å². The second-order valence-electron chi connectivity index (χ2n) is 5.47. The number of halogens is 1. The number of hydrogen-bond acceptors (Lipinski definition) is 3. The van der Waals surface area contributed by atoms with Gasteiger partial charge in [0.2, 0.25) is 0 Å². The van der Waals surface area contributed by atoms with Crippen molar-refractivity contribution in [2.45, 2.75) is 6.42 Å². The maximum atomic E-state index is 13.7. The zero-order valence-corrected chi connectivity index (χ0v) is 13.5. The summed E-state index contributed by atoms with van der Waals surface area (Å²) in [6, 6.07) is 14.3. The second kappa shape index (κ2) is 6.05. The molecule has 0 bridgehead atoms. The lowest BCUT2D eigenvalue weighted by Crippen LogP contribution is -2.25. The van der Waals surface area contributed by atoms with Crippen molar-refractivity contribution in [1.29, 1.82) is 0 Å². The number of nitrogens with one attached hydrogen (secondary N) is 2. The third-order valence-electron chi connectivity index (χ3n) is 3.82. The first-order valence-electron chi connectivity index (χ1n) is 7.60. The van der Waals surface area contributed by atoms with Crippen LogP contribution in [0, 0.1) is 5.82 Å². The Morgan fingerprint density at radius 3 is 2.92 bits per heavy atom. The van der Waals surface area contributed by atoms with Crippen LogP contribution in [-0.4, -0.2) is 22.4 Å². The highest BCUT2D eigenvalue weighted by molar-refractivity contribution is 7.20. The van der Waals surface area contributed by atoms with Crippen LogP contribution in [0.15, 0.2) is 48.5 Å². The minimum Gasteiger partial charge on any atom is -0.351 e. The van der Waals surface area contributed by atoms with Crippen molar-refractivity contribution in [3.63, 3.8) is 0 Å². The van der Waals surface area contributed by atoms with Gasteiger partial charge in [0, 0.05) is 23.1 Å². The Kier molecular flexibility index (Phi) is 3.74. The van der Waals surface area contributed by atoms with E-state index >= 15 is 0 Å². The molecule has 4 rings (SSSR count). The summed E-state index contributed by atoms with van der Waals surface area (Å²) in [5.41, 5.74) is 1.90. The van der Waals surface area contributed by atoms with Gasteiger partial charge in [0.05, 0.1) is 15.9 Å². The summed E-state index contributed by atoms with van der Waals surface area (Å²) in [7, 11) is 0. The highest BCUT2D eigenvalue weighted by Crippen LogP contribution is 2.27. The maximum Gasteiger partial charge on any atom is 0.261 e. The fourth-order valence-electron chi connectivity index (χ4n) is 2.64. The zero-order valence-electron chi connectivity index (χ0n) is 12.7. The van der Waals surface area contributed by atoms with Crippen molar-refractivity contribution in [3.05, 3.63) is 65.0 Å². The molecule has 24 heavy (non-hydrogen) atoms. The molecule has 0 unspecified atom stereocenters.